The average Bonchev–Trinajstić information content (AvgIpc) is 3.58. The predicted octanol–water partition coefficient (Wildman–Crippen LogP) is 10.5. The van der Waals surface area contributed by atoms with Crippen molar-refractivity contribution in [3.63, 3.8) is 0 Å². The van der Waals surface area contributed by atoms with Crippen molar-refractivity contribution in [2.75, 3.05) is 0 Å². The SMILES string of the molecule is Fc1ccc(-n2c3c(c4ccccc42)C=C(c2cccc(-n4c5ccccc5c5c6ccccc6ccc54)c2)CC3)cc1. The van der Waals surface area contributed by atoms with Gasteiger partial charge in [0.1, 0.15) is 5.82 Å². The van der Waals surface area contributed by atoms with Gasteiger partial charge in [0, 0.05) is 38.8 Å². The fourth-order valence-corrected chi connectivity index (χ4v) is 7.20. The molecule has 2 heterocycles. The summed E-state index contributed by atoms with van der Waals surface area (Å²) in [7, 11) is 0. The van der Waals surface area contributed by atoms with E-state index in [4.69, 9.17) is 0 Å². The maximum atomic E-state index is 13.8. The fourth-order valence-electron chi connectivity index (χ4n) is 7.20. The van der Waals surface area contributed by atoms with E-state index < -0.39 is 0 Å². The fraction of sp³-hybridized carbons (Fsp3) is 0.0500. The Morgan fingerprint density at radius 3 is 2.07 bits per heavy atom. The maximum Gasteiger partial charge on any atom is 0.123 e. The van der Waals surface area contributed by atoms with Crippen molar-refractivity contribution in [1.82, 2.24) is 9.13 Å². The number of benzene rings is 6. The first-order valence-electron chi connectivity index (χ1n) is 14.9. The smallest absolute Gasteiger partial charge is 0.123 e. The van der Waals surface area contributed by atoms with Gasteiger partial charge in [-0.25, -0.2) is 4.39 Å². The molecule has 0 radical (unpaired) electrons. The minimum Gasteiger partial charge on any atom is -0.313 e. The summed E-state index contributed by atoms with van der Waals surface area (Å²) >= 11 is 0. The molecule has 43 heavy (non-hydrogen) atoms. The first kappa shape index (κ1) is 24.2. The molecule has 0 amide bonds. The Hall–Kier alpha value is -5.41. The number of allylic oxidation sites excluding steroid dienone is 1. The van der Waals surface area contributed by atoms with Crippen LogP contribution in [0.3, 0.4) is 0 Å². The summed E-state index contributed by atoms with van der Waals surface area (Å²) in [5, 5.41) is 6.34. The van der Waals surface area contributed by atoms with Crippen molar-refractivity contribution >= 4 is 55.1 Å². The third-order valence-electron chi connectivity index (χ3n) is 9.09. The van der Waals surface area contributed by atoms with Gasteiger partial charge in [-0.15, -0.1) is 0 Å². The largest absolute Gasteiger partial charge is 0.313 e. The molecule has 0 bridgehead atoms. The standard InChI is InChI=1S/C40H27FN2/c41-29-18-20-30(21-19-29)42-36-14-5-3-12-33(36)35-25-28(17-22-38(35)42)27-9-7-10-31(24-27)43-37-15-6-4-13-34(37)40-32-11-2-1-8-26(32)16-23-39(40)43/h1-16,18-21,23-25H,17,22H2. The first-order valence-corrected chi connectivity index (χ1v) is 14.9. The van der Waals surface area contributed by atoms with E-state index in [0.717, 1.165) is 24.0 Å². The highest BCUT2D eigenvalue weighted by Crippen LogP contribution is 2.40. The second-order valence-electron chi connectivity index (χ2n) is 11.4. The Balaban J connectivity index is 1.22. The van der Waals surface area contributed by atoms with Crippen LogP contribution in [0.4, 0.5) is 4.39 Å². The van der Waals surface area contributed by atoms with E-state index in [-0.39, 0.29) is 5.82 Å². The highest BCUT2D eigenvalue weighted by Gasteiger charge is 2.22. The minimum absolute atomic E-state index is 0.215. The summed E-state index contributed by atoms with van der Waals surface area (Å²) in [6.07, 6.45) is 4.23. The van der Waals surface area contributed by atoms with Crippen LogP contribution in [0, 0.1) is 5.82 Å². The van der Waals surface area contributed by atoms with Gasteiger partial charge in [0.2, 0.25) is 0 Å². The molecule has 6 aromatic carbocycles. The molecule has 204 valence electrons. The van der Waals surface area contributed by atoms with E-state index in [1.165, 1.54) is 66.0 Å². The van der Waals surface area contributed by atoms with Crippen molar-refractivity contribution in [2.24, 2.45) is 0 Å². The molecule has 8 aromatic rings. The first-order chi connectivity index (χ1) is 21.2. The lowest BCUT2D eigenvalue weighted by molar-refractivity contribution is 0.627. The van der Waals surface area contributed by atoms with Crippen molar-refractivity contribution in [2.45, 2.75) is 12.8 Å². The van der Waals surface area contributed by atoms with Gasteiger partial charge in [0.05, 0.1) is 16.6 Å². The van der Waals surface area contributed by atoms with Crippen LogP contribution in [0.5, 0.6) is 0 Å². The summed E-state index contributed by atoms with van der Waals surface area (Å²) in [4.78, 5) is 0. The molecule has 2 nitrogen and oxygen atoms in total. The van der Waals surface area contributed by atoms with Gasteiger partial charge in [0.25, 0.3) is 0 Å². The number of hydrogen-bond acceptors (Lipinski definition) is 0. The third kappa shape index (κ3) is 3.65. The molecule has 0 spiro atoms. The number of para-hydroxylation sites is 2. The summed E-state index contributed by atoms with van der Waals surface area (Å²) < 4.78 is 18.5. The zero-order valence-electron chi connectivity index (χ0n) is 23.5. The molecule has 0 atom stereocenters. The Bertz CT molecular complexity index is 2400. The molecule has 3 heteroatoms. The van der Waals surface area contributed by atoms with Crippen LogP contribution in [-0.4, -0.2) is 9.13 Å². The molecule has 2 aromatic heterocycles. The van der Waals surface area contributed by atoms with Crippen LogP contribution < -0.4 is 0 Å². The van der Waals surface area contributed by atoms with Crippen molar-refractivity contribution in [3.8, 4) is 11.4 Å². The van der Waals surface area contributed by atoms with Gasteiger partial charge in [-0.05, 0) is 95.4 Å². The second-order valence-corrected chi connectivity index (χ2v) is 11.4. The monoisotopic (exact) mass is 554 g/mol. The number of hydrogen-bond donors (Lipinski definition) is 0. The zero-order valence-corrected chi connectivity index (χ0v) is 23.5. The Morgan fingerprint density at radius 2 is 1.23 bits per heavy atom. The van der Waals surface area contributed by atoms with Gasteiger partial charge in [-0.2, -0.15) is 0 Å². The predicted molar refractivity (Wildman–Crippen MR) is 178 cm³/mol. The zero-order chi connectivity index (χ0) is 28.5. The molecular formula is C40H27FN2. The van der Waals surface area contributed by atoms with Crippen LogP contribution in [-0.2, 0) is 6.42 Å². The molecule has 1 aliphatic carbocycles. The van der Waals surface area contributed by atoms with E-state index >= 15 is 0 Å². The lowest BCUT2D eigenvalue weighted by Gasteiger charge is -2.18. The van der Waals surface area contributed by atoms with E-state index in [2.05, 4.69) is 124 Å². The van der Waals surface area contributed by atoms with Crippen molar-refractivity contribution in [1.29, 1.82) is 0 Å². The quantitative estimate of drug-likeness (QED) is 0.206. The number of halogens is 1. The van der Waals surface area contributed by atoms with Crippen LogP contribution in [0.25, 0.3) is 66.5 Å². The van der Waals surface area contributed by atoms with Crippen LogP contribution in [0.2, 0.25) is 0 Å². The molecule has 0 aliphatic heterocycles. The topological polar surface area (TPSA) is 9.86 Å². The van der Waals surface area contributed by atoms with E-state index in [1.807, 2.05) is 12.1 Å². The molecule has 0 N–H and O–H groups in total. The highest BCUT2D eigenvalue weighted by atomic mass is 19.1. The van der Waals surface area contributed by atoms with Crippen LogP contribution in [0.15, 0.2) is 133 Å². The minimum atomic E-state index is -0.215. The lowest BCUT2D eigenvalue weighted by atomic mass is 9.91. The van der Waals surface area contributed by atoms with Gasteiger partial charge in [0.15, 0.2) is 0 Å². The third-order valence-corrected chi connectivity index (χ3v) is 9.09. The lowest BCUT2D eigenvalue weighted by Crippen LogP contribution is -2.05. The Kier molecular flexibility index (Phi) is 5.24. The Labute approximate surface area is 248 Å². The number of fused-ring (bicyclic) bond motifs is 8. The molecule has 0 fully saturated rings. The summed E-state index contributed by atoms with van der Waals surface area (Å²) in [6, 6.07) is 46.3. The van der Waals surface area contributed by atoms with E-state index in [0.29, 0.717) is 0 Å². The Morgan fingerprint density at radius 1 is 0.512 bits per heavy atom. The van der Waals surface area contributed by atoms with Crippen LogP contribution in [0.1, 0.15) is 23.2 Å². The summed E-state index contributed by atoms with van der Waals surface area (Å²) in [5.74, 6) is -0.215. The normalized spacial score (nSPS) is 13.2. The van der Waals surface area contributed by atoms with Gasteiger partial charge < -0.3 is 9.13 Å². The highest BCUT2D eigenvalue weighted by molar-refractivity contribution is 6.21. The van der Waals surface area contributed by atoms with E-state index in [9.17, 15) is 4.39 Å². The van der Waals surface area contributed by atoms with Crippen LogP contribution >= 0.6 is 0 Å². The summed E-state index contributed by atoms with van der Waals surface area (Å²) in [6.45, 7) is 0. The van der Waals surface area contributed by atoms with Gasteiger partial charge in [-0.1, -0.05) is 78.9 Å². The number of aromatic nitrogens is 2. The maximum absolute atomic E-state index is 13.8. The summed E-state index contributed by atoms with van der Waals surface area (Å²) in [5.41, 5.74) is 10.9. The van der Waals surface area contributed by atoms with E-state index in [1.54, 1.807) is 12.1 Å². The van der Waals surface area contributed by atoms with Crippen molar-refractivity contribution < 1.29 is 4.39 Å². The number of rotatable bonds is 3. The molecule has 0 saturated heterocycles. The molecule has 0 unspecified atom stereocenters. The average molecular weight is 555 g/mol. The van der Waals surface area contributed by atoms with Crippen molar-refractivity contribution in [3.05, 3.63) is 156 Å². The molecule has 9 rings (SSSR count). The second kappa shape index (κ2) is 9.30. The molecule has 1 aliphatic rings. The molecular weight excluding hydrogens is 527 g/mol. The number of nitrogens with zero attached hydrogens (tertiary/aromatic N) is 2. The molecule has 0 saturated carbocycles. The van der Waals surface area contributed by atoms with Gasteiger partial charge in [-0.3, -0.25) is 0 Å². The van der Waals surface area contributed by atoms with Gasteiger partial charge >= 0.3 is 0 Å².